The molecule has 3 heteroatoms. The summed E-state index contributed by atoms with van der Waals surface area (Å²) < 4.78 is 8.78. The Hall–Kier alpha value is -5.38. The Labute approximate surface area is 252 Å². The van der Waals surface area contributed by atoms with Gasteiger partial charge in [0.2, 0.25) is 0 Å². The number of hydrogen-bond donors (Lipinski definition) is 0. The third-order valence-electron chi connectivity index (χ3n) is 8.45. The van der Waals surface area contributed by atoms with Crippen molar-refractivity contribution in [3.05, 3.63) is 152 Å². The van der Waals surface area contributed by atoms with Crippen molar-refractivity contribution < 1.29 is 4.42 Å². The summed E-state index contributed by atoms with van der Waals surface area (Å²) in [6.07, 6.45) is 0. The van der Waals surface area contributed by atoms with Gasteiger partial charge in [-0.05, 0) is 70.4 Å². The van der Waals surface area contributed by atoms with Gasteiger partial charge < -0.3 is 9.32 Å². The summed E-state index contributed by atoms with van der Waals surface area (Å²) in [5.41, 5.74) is 7.61. The molecule has 0 radical (unpaired) electrons. The maximum atomic E-state index is 6.21. The quantitative estimate of drug-likeness (QED) is 0.210. The largest absolute Gasteiger partial charge is 0.456 e. The lowest BCUT2D eigenvalue weighted by molar-refractivity contribution is 0.669. The highest BCUT2D eigenvalue weighted by Gasteiger charge is 2.20. The molecule has 0 spiro atoms. The fraction of sp³-hybridized carbons (Fsp3) is 0. The predicted molar refractivity (Wildman–Crippen MR) is 184 cm³/mol. The van der Waals surface area contributed by atoms with Crippen LogP contribution in [0.2, 0.25) is 0 Å². The van der Waals surface area contributed by atoms with Crippen LogP contribution in [-0.4, -0.2) is 0 Å². The van der Waals surface area contributed by atoms with E-state index >= 15 is 0 Å². The lowest BCUT2D eigenvalue weighted by Crippen LogP contribution is -2.10. The van der Waals surface area contributed by atoms with E-state index in [9.17, 15) is 0 Å². The van der Waals surface area contributed by atoms with Crippen molar-refractivity contribution in [2.75, 3.05) is 4.90 Å². The molecule has 0 amide bonds. The molecule has 0 aliphatic carbocycles. The Bertz CT molecular complexity index is 2480. The Morgan fingerprint density at radius 3 is 2.12 bits per heavy atom. The van der Waals surface area contributed by atoms with Crippen LogP contribution >= 0.6 is 11.3 Å². The minimum atomic E-state index is 0.898. The first-order valence-electron chi connectivity index (χ1n) is 14.5. The summed E-state index contributed by atoms with van der Waals surface area (Å²) in [6, 6.07) is 54.4. The fourth-order valence-electron chi connectivity index (χ4n) is 6.48. The molecule has 0 N–H and O–H groups in total. The van der Waals surface area contributed by atoms with Crippen molar-refractivity contribution in [2.45, 2.75) is 0 Å². The molecule has 9 aromatic rings. The third-order valence-corrected chi connectivity index (χ3v) is 9.66. The molecular weight excluding hydrogens is 543 g/mol. The van der Waals surface area contributed by atoms with Crippen LogP contribution in [0.15, 0.2) is 156 Å². The number of benzene rings is 7. The number of fused-ring (bicyclic) bond motifs is 7. The second-order valence-corrected chi connectivity index (χ2v) is 12.0. The first-order valence-corrected chi connectivity index (χ1v) is 15.3. The van der Waals surface area contributed by atoms with Crippen LogP contribution in [0, 0.1) is 0 Å². The highest BCUT2D eigenvalue weighted by molar-refractivity contribution is 7.26. The van der Waals surface area contributed by atoms with E-state index in [0.29, 0.717) is 0 Å². The summed E-state index contributed by atoms with van der Waals surface area (Å²) in [4.78, 5) is 2.41. The monoisotopic (exact) mass is 567 g/mol. The van der Waals surface area contributed by atoms with E-state index in [-0.39, 0.29) is 0 Å². The summed E-state index contributed by atoms with van der Waals surface area (Å²) >= 11 is 1.86. The van der Waals surface area contributed by atoms with Crippen molar-refractivity contribution in [2.24, 2.45) is 0 Å². The molecule has 0 atom stereocenters. The first kappa shape index (κ1) is 24.2. The van der Waals surface area contributed by atoms with Crippen LogP contribution in [0.3, 0.4) is 0 Å². The summed E-state index contributed by atoms with van der Waals surface area (Å²) in [7, 11) is 0. The normalized spacial score (nSPS) is 11.7. The molecule has 0 aliphatic rings. The van der Waals surface area contributed by atoms with Gasteiger partial charge in [-0.2, -0.15) is 0 Å². The third kappa shape index (κ3) is 3.86. The number of thiophene rings is 1. The van der Waals surface area contributed by atoms with Crippen molar-refractivity contribution >= 4 is 81.3 Å². The van der Waals surface area contributed by atoms with E-state index in [1.165, 1.54) is 47.8 Å². The second-order valence-electron chi connectivity index (χ2n) is 10.9. The van der Waals surface area contributed by atoms with E-state index in [4.69, 9.17) is 4.42 Å². The molecular formula is C40H25NOS. The fourth-order valence-corrected chi connectivity index (χ4v) is 7.68. The number of anilines is 3. The standard InChI is InChI=1S/C40H25NOS/c1-2-14-30-26(10-1)11-8-17-31(30)27-12-7-13-28(24-27)41(29-22-23-38-35(25-29)32-15-3-5-20-37(32)42-38)36-19-9-18-34-33-16-4-6-21-39(33)43-40(34)36/h1-25H. The second kappa shape index (κ2) is 9.59. The molecule has 0 aliphatic heterocycles. The van der Waals surface area contributed by atoms with E-state index < -0.39 is 0 Å². The van der Waals surface area contributed by atoms with Crippen molar-refractivity contribution in [3.8, 4) is 11.1 Å². The molecule has 43 heavy (non-hydrogen) atoms. The molecule has 0 bridgehead atoms. The van der Waals surface area contributed by atoms with Crippen LogP contribution in [-0.2, 0) is 0 Å². The summed E-state index contributed by atoms with van der Waals surface area (Å²) in [5.74, 6) is 0. The van der Waals surface area contributed by atoms with Gasteiger partial charge in [0.25, 0.3) is 0 Å². The molecule has 0 saturated carbocycles. The molecule has 2 aromatic heterocycles. The molecule has 0 unspecified atom stereocenters. The molecule has 9 rings (SSSR count). The first-order chi connectivity index (χ1) is 21.3. The number of rotatable bonds is 4. The minimum Gasteiger partial charge on any atom is -0.456 e. The van der Waals surface area contributed by atoms with Gasteiger partial charge in [-0.25, -0.2) is 0 Å². The number of nitrogens with zero attached hydrogens (tertiary/aromatic N) is 1. The zero-order valence-electron chi connectivity index (χ0n) is 23.2. The van der Waals surface area contributed by atoms with E-state index in [0.717, 1.165) is 33.3 Å². The maximum absolute atomic E-state index is 6.21. The molecule has 202 valence electrons. The Morgan fingerprint density at radius 1 is 0.465 bits per heavy atom. The van der Waals surface area contributed by atoms with Gasteiger partial charge in [-0.3, -0.25) is 0 Å². The predicted octanol–water partition coefficient (Wildman–Crippen LogP) is 12.2. The van der Waals surface area contributed by atoms with Crippen molar-refractivity contribution in [1.82, 2.24) is 0 Å². The average Bonchev–Trinajstić information content (AvgIpc) is 3.64. The van der Waals surface area contributed by atoms with Gasteiger partial charge in [0.05, 0.1) is 10.4 Å². The summed E-state index contributed by atoms with van der Waals surface area (Å²) in [6.45, 7) is 0. The van der Waals surface area contributed by atoms with Crippen LogP contribution < -0.4 is 4.90 Å². The number of furan rings is 1. The molecule has 7 aromatic carbocycles. The van der Waals surface area contributed by atoms with Crippen molar-refractivity contribution in [3.63, 3.8) is 0 Å². The molecule has 0 saturated heterocycles. The molecule has 0 fully saturated rings. The van der Waals surface area contributed by atoms with E-state index in [2.05, 4.69) is 144 Å². The van der Waals surface area contributed by atoms with Crippen molar-refractivity contribution in [1.29, 1.82) is 0 Å². The van der Waals surface area contributed by atoms with E-state index in [1.807, 2.05) is 23.5 Å². The SMILES string of the molecule is c1cc(-c2cccc3ccccc23)cc(N(c2ccc3oc4ccccc4c3c2)c2cccc3c2sc2ccccc23)c1. The lowest BCUT2D eigenvalue weighted by atomic mass is 9.97. The highest BCUT2D eigenvalue weighted by Crippen LogP contribution is 2.46. The Morgan fingerprint density at radius 2 is 1.16 bits per heavy atom. The zero-order chi connectivity index (χ0) is 28.3. The average molecular weight is 568 g/mol. The minimum absolute atomic E-state index is 0.898. The topological polar surface area (TPSA) is 16.4 Å². The molecule has 2 heterocycles. The van der Waals surface area contributed by atoms with Gasteiger partial charge in [0.1, 0.15) is 11.2 Å². The van der Waals surface area contributed by atoms with Crippen LogP contribution in [0.4, 0.5) is 17.1 Å². The van der Waals surface area contributed by atoms with Gasteiger partial charge in [-0.15, -0.1) is 11.3 Å². The lowest BCUT2D eigenvalue weighted by Gasteiger charge is -2.27. The van der Waals surface area contributed by atoms with Gasteiger partial charge in [0.15, 0.2) is 0 Å². The van der Waals surface area contributed by atoms with E-state index in [1.54, 1.807) is 0 Å². The highest BCUT2D eigenvalue weighted by atomic mass is 32.1. The molecule has 2 nitrogen and oxygen atoms in total. The summed E-state index contributed by atoms with van der Waals surface area (Å²) in [5, 5.41) is 7.32. The van der Waals surface area contributed by atoms with Crippen LogP contribution in [0.25, 0.3) is 64.0 Å². The zero-order valence-corrected chi connectivity index (χ0v) is 24.0. The van der Waals surface area contributed by atoms with Gasteiger partial charge >= 0.3 is 0 Å². The van der Waals surface area contributed by atoms with Gasteiger partial charge in [0, 0.05) is 37.6 Å². The number of para-hydroxylation sites is 1. The van der Waals surface area contributed by atoms with Gasteiger partial charge in [-0.1, -0.05) is 103 Å². The van der Waals surface area contributed by atoms with Crippen LogP contribution in [0.1, 0.15) is 0 Å². The maximum Gasteiger partial charge on any atom is 0.135 e. The number of hydrogen-bond acceptors (Lipinski definition) is 3. The smallest absolute Gasteiger partial charge is 0.135 e. The van der Waals surface area contributed by atoms with Crippen LogP contribution in [0.5, 0.6) is 0 Å². The Kier molecular flexibility index (Phi) is 5.40. The Balaban J connectivity index is 1.31.